The lowest BCUT2D eigenvalue weighted by molar-refractivity contribution is 0.0309. The minimum atomic E-state index is -0.101. The van der Waals surface area contributed by atoms with E-state index in [1.54, 1.807) is 0 Å². The van der Waals surface area contributed by atoms with Gasteiger partial charge in [0.1, 0.15) is 0 Å². The maximum Gasteiger partial charge on any atom is 0.0991 e. The molecule has 2 saturated heterocycles. The Morgan fingerprint density at radius 3 is 2.58 bits per heavy atom. The average molecular weight is 256 g/mol. The lowest BCUT2D eigenvalue weighted by Gasteiger charge is -2.37. The van der Waals surface area contributed by atoms with E-state index in [0.717, 1.165) is 24.9 Å². The van der Waals surface area contributed by atoms with Crippen molar-refractivity contribution >= 4 is 0 Å². The molecule has 2 atom stereocenters. The van der Waals surface area contributed by atoms with Crippen LogP contribution in [0, 0.1) is 18.3 Å². The van der Waals surface area contributed by atoms with Crippen LogP contribution in [-0.2, 0) is 6.54 Å². The molecule has 0 aliphatic carbocycles. The third-order valence-electron chi connectivity index (χ3n) is 4.68. The Morgan fingerprint density at radius 1 is 1.32 bits per heavy atom. The van der Waals surface area contributed by atoms with Gasteiger partial charge in [-0.3, -0.25) is 4.90 Å². The van der Waals surface area contributed by atoms with Gasteiger partial charge in [-0.15, -0.1) is 0 Å². The molecule has 0 amide bonds. The molecule has 100 valence electrons. The maximum atomic E-state index is 9.83. The van der Waals surface area contributed by atoms with Crippen molar-refractivity contribution in [3.05, 3.63) is 34.9 Å². The Kier molecular flexibility index (Phi) is 3.30. The van der Waals surface area contributed by atoms with E-state index in [1.165, 1.54) is 24.0 Å². The van der Waals surface area contributed by atoms with Crippen LogP contribution in [0.25, 0.3) is 0 Å². The Labute approximate surface area is 114 Å². The molecule has 0 aromatic heterocycles. The summed E-state index contributed by atoms with van der Waals surface area (Å²) in [7, 11) is 0. The highest BCUT2D eigenvalue weighted by Crippen LogP contribution is 2.37. The Balaban J connectivity index is 1.77. The fourth-order valence-corrected chi connectivity index (χ4v) is 3.64. The number of aliphatic hydroxyl groups is 1. The minimum absolute atomic E-state index is 0.101. The molecule has 0 spiro atoms. The van der Waals surface area contributed by atoms with Gasteiger partial charge in [0.25, 0.3) is 0 Å². The lowest BCUT2D eigenvalue weighted by atomic mass is 9.97. The summed E-state index contributed by atoms with van der Waals surface area (Å²) < 4.78 is 0. The Hall–Kier alpha value is -1.37. The molecule has 2 bridgehead atoms. The van der Waals surface area contributed by atoms with Crippen molar-refractivity contribution in [3.8, 4) is 6.07 Å². The number of hydrogen-bond donors (Lipinski definition) is 1. The number of fused-ring (bicyclic) bond motifs is 2. The highest BCUT2D eigenvalue weighted by Gasteiger charge is 2.39. The predicted octanol–water partition coefficient (Wildman–Crippen LogP) is 2.35. The van der Waals surface area contributed by atoms with Gasteiger partial charge in [0.15, 0.2) is 0 Å². The summed E-state index contributed by atoms with van der Waals surface area (Å²) >= 11 is 0. The van der Waals surface area contributed by atoms with Crippen molar-refractivity contribution in [2.24, 2.45) is 0 Å². The van der Waals surface area contributed by atoms with Gasteiger partial charge >= 0.3 is 0 Å². The molecule has 2 aliphatic rings. The minimum Gasteiger partial charge on any atom is -0.393 e. The molecule has 2 heterocycles. The fourth-order valence-electron chi connectivity index (χ4n) is 3.64. The molecule has 0 radical (unpaired) electrons. The number of rotatable bonds is 2. The standard InChI is InChI=1S/C16H20N2O/c1-11-6-12(9-17)2-3-13(11)10-18-14-4-5-15(18)8-16(19)7-14/h2-3,6,14-16,19H,4-5,7-8,10H2,1H3. The van der Waals surface area contributed by atoms with Crippen molar-refractivity contribution in [2.75, 3.05) is 0 Å². The van der Waals surface area contributed by atoms with Crippen molar-refractivity contribution in [1.82, 2.24) is 4.90 Å². The van der Waals surface area contributed by atoms with E-state index in [-0.39, 0.29) is 6.10 Å². The largest absolute Gasteiger partial charge is 0.393 e. The number of hydrogen-bond acceptors (Lipinski definition) is 3. The van der Waals surface area contributed by atoms with Gasteiger partial charge in [0, 0.05) is 18.6 Å². The smallest absolute Gasteiger partial charge is 0.0991 e. The summed E-state index contributed by atoms with van der Waals surface area (Å²) in [6, 6.07) is 9.23. The van der Waals surface area contributed by atoms with E-state index in [4.69, 9.17) is 5.26 Å². The second-order valence-electron chi connectivity index (χ2n) is 5.94. The number of piperidine rings is 1. The van der Waals surface area contributed by atoms with Gasteiger partial charge in [-0.25, -0.2) is 0 Å². The summed E-state index contributed by atoms with van der Waals surface area (Å²) in [6.07, 6.45) is 4.18. The van der Waals surface area contributed by atoms with E-state index < -0.39 is 0 Å². The summed E-state index contributed by atoms with van der Waals surface area (Å²) in [6.45, 7) is 3.04. The molecule has 2 unspecified atom stereocenters. The van der Waals surface area contributed by atoms with Crippen molar-refractivity contribution < 1.29 is 5.11 Å². The zero-order valence-corrected chi connectivity index (χ0v) is 11.3. The highest BCUT2D eigenvalue weighted by molar-refractivity contribution is 5.37. The number of nitriles is 1. The second-order valence-corrected chi connectivity index (χ2v) is 5.94. The monoisotopic (exact) mass is 256 g/mol. The molecular formula is C16H20N2O. The second kappa shape index (κ2) is 4.96. The molecule has 3 heteroatoms. The van der Waals surface area contributed by atoms with Crippen molar-refractivity contribution in [2.45, 2.75) is 57.3 Å². The van der Waals surface area contributed by atoms with Crippen LogP contribution in [0.3, 0.4) is 0 Å². The van der Waals surface area contributed by atoms with Crippen LogP contribution in [0.1, 0.15) is 42.4 Å². The summed E-state index contributed by atoms with van der Waals surface area (Å²) in [5.74, 6) is 0. The first-order valence-corrected chi connectivity index (χ1v) is 7.11. The van der Waals surface area contributed by atoms with Gasteiger partial charge < -0.3 is 5.11 Å². The quantitative estimate of drug-likeness (QED) is 0.883. The molecule has 1 aromatic carbocycles. The summed E-state index contributed by atoms with van der Waals surface area (Å²) in [5, 5.41) is 18.7. The molecule has 3 nitrogen and oxygen atoms in total. The zero-order chi connectivity index (χ0) is 13.4. The highest BCUT2D eigenvalue weighted by atomic mass is 16.3. The maximum absolute atomic E-state index is 9.83. The van der Waals surface area contributed by atoms with Gasteiger partial charge in [-0.05, 0) is 55.9 Å². The Bertz CT molecular complexity index is 506. The number of aryl methyl sites for hydroxylation is 1. The molecule has 2 fully saturated rings. The molecule has 1 aromatic rings. The van der Waals surface area contributed by atoms with Crippen LogP contribution in [0.4, 0.5) is 0 Å². The van der Waals surface area contributed by atoms with Crippen molar-refractivity contribution in [3.63, 3.8) is 0 Å². The SMILES string of the molecule is Cc1cc(C#N)ccc1CN1C2CCC1CC(O)C2. The van der Waals surface area contributed by atoms with E-state index in [0.29, 0.717) is 12.1 Å². The average Bonchev–Trinajstić information content (AvgIpc) is 2.63. The van der Waals surface area contributed by atoms with Crippen LogP contribution < -0.4 is 0 Å². The number of aliphatic hydroxyl groups excluding tert-OH is 1. The van der Waals surface area contributed by atoms with E-state index >= 15 is 0 Å². The van der Waals surface area contributed by atoms with Gasteiger partial charge in [-0.1, -0.05) is 6.07 Å². The van der Waals surface area contributed by atoms with Crippen molar-refractivity contribution in [1.29, 1.82) is 5.26 Å². The van der Waals surface area contributed by atoms with E-state index in [9.17, 15) is 5.11 Å². The topological polar surface area (TPSA) is 47.3 Å². The van der Waals surface area contributed by atoms with Gasteiger partial charge in [0.05, 0.1) is 17.7 Å². The first-order chi connectivity index (χ1) is 9.17. The lowest BCUT2D eigenvalue weighted by Crippen LogP contribution is -2.44. The fraction of sp³-hybridized carbons (Fsp3) is 0.562. The predicted molar refractivity (Wildman–Crippen MR) is 73.5 cm³/mol. The molecule has 19 heavy (non-hydrogen) atoms. The van der Waals surface area contributed by atoms with Gasteiger partial charge in [0.2, 0.25) is 0 Å². The van der Waals surface area contributed by atoms with Crippen LogP contribution in [0.5, 0.6) is 0 Å². The molecule has 3 rings (SSSR count). The van der Waals surface area contributed by atoms with Crippen LogP contribution in [0.2, 0.25) is 0 Å². The normalized spacial score (nSPS) is 30.3. The number of benzene rings is 1. The molecule has 0 saturated carbocycles. The van der Waals surface area contributed by atoms with Crippen LogP contribution in [0.15, 0.2) is 18.2 Å². The third-order valence-corrected chi connectivity index (χ3v) is 4.68. The summed E-state index contributed by atoms with van der Waals surface area (Å²) in [4.78, 5) is 2.56. The molecular weight excluding hydrogens is 236 g/mol. The van der Waals surface area contributed by atoms with E-state index in [2.05, 4.69) is 24.0 Å². The Morgan fingerprint density at radius 2 is 2.00 bits per heavy atom. The molecule has 2 aliphatic heterocycles. The first-order valence-electron chi connectivity index (χ1n) is 7.11. The zero-order valence-electron chi connectivity index (χ0n) is 11.3. The summed E-state index contributed by atoms with van der Waals surface area (Å²) in [5.41, 5.74) is 3.25. The van der Waals surface area contributed by atoms with Crippen LogP contribution in [-0.4, -0.2) is 28.2 Å². The van der Waals surface area contributed by atoms with Gasteiger partial charge in [-0.2, -0.15) is 5.26 Å². The molecule has 1 N–H and O–H groups in total. The third kappa shape index (κ3) is 2.39. The first kappa shape index (κ1) is 12.7. The van der Waals surface area contributed by atoms with E-state index in [1.807, 2.05) is 12.1 Å². The number of nitrogens with zero attached hydrogens (tertiary/aromatic N) is 2. The van der Waals surface area contributed by atoms with Crippen LogP contribution >= 0.6 is 0 Å².